The molecule has 1 atom stereocenters. The van der Waals surface area contributed by atoms with E-state index in [1.165, 1.54) is 28.1 Å². The molecule has 0 bridgehead atoms. The van der Waals surface area contributed by atoms with Gasteiger partial charge in [0, 0.05) is 25.6 Å². The Kier molecular flexibility index (Phi) is 7.03. The molecular formula is C22H27FN2O3S. The van der Waals surface area contributed by atoms with Gasteiger partial charge in [-0.3, -0.25) is 4.79 Å². The zero-order valence-electron chi connectivity index (χ0n) is 16.6. The van der Waals surface area contributed by atoms with Gasteiger partial charge in [-0.15, -0.1) is 0 Å². The number of amides is 1. The van der Waals surface area contributed by atoms with Crippen LogP contribution >= 0.6 is 0 Å². The van der Waals surface area contributed by atoms with Gasteiger partial charge >= 0.3 is 0 Å². The van der Waals surface area contributed by atoms with Gasteiger partial charge in [0.2, 0.25) is 15.9 Å². The van der Waals surface area contributed by atoms with Gasteiger partial charge in [0.15, 0.2) is 0 Å². The van der Waals surface area contributed by atoms with Gasteiger partial charge in [-0.2, -0.15) is 4.31 Å². The van der Waals surface area contributed by atoms with Crippen LogP contribution in [0.5, 0.6) is 0 Å². The minimum Gasteiger partial charge on any atom is -0.356 e. The fraction of sp³-hybridized carbons (Fsp3) is 0.409. The summed E-state index contributed by atoms with van der Waals surface area (Å²) in [5, 5.41) is 2.98. The molecule has 2 aromatic rings. The van der Waals surface area contributed by atoms with Crippen LogP contribution in [0.3, 0.4) is 0 Å². The molecule has 7 heteroatoms. The fourth-order valence-corrected chi connectivity index (χ4v) is 5.19. The van der Waals surface area contributed by atoms with Crippen molar-refractivity contribution in [2.75, 3.05) is 19.6 Å². The summed E-state index contributed by atoms with van der Waals surface area (Å²) in [5.41, 5.74) is 1.24. The average molecular weight is 419 g/mol. The number of nitrogens with zero attached hydrogens (tertiary/aromatic N) is 1. The summed E-state index contributed by atoms with van der Waals surface area (Å²) in [6, 6.07) is 15.5. The van der Waals surface area contributed by atoms with Crippen molar-refractivity contribution in [2.24, 2.45) is 5.92 Å². The van der Waals surface area contributed by atoms with Gasteiger partial charge in [-0.25, -0.2) is 12.8 Å². The van der Waals surface area contributed by atoms with Crippen LogP contribution in [-0.2, 0) is 14.8 Å². The summed E-state index contributed by atoms with van der Waals surface area (Å²) in [4.78, 5) is 12.1. The van der Waals surface area contributed by atoms with Crippen LogP contribution in [0.2, 0.25) is 0 Å². The lowest BCUT2D eigenvalue weighted by atomic mass is 9.96. The van der Waals surface area contributed by atoms with E-state index in [1.807, 2.05) is 18.2 Å². The summed E-state index contributed by atoms with van der Waals surface area (Å²) in [5.74, 6) is -0.647. The first-order chi connectivity index (χ1) is 13.9. The van der Waals surface area contributed by atoms with E-state index in [-0.39, 0.29) is 29.8 Å². The molecule has 1 fully saturated rings. The minimum atomic E-state index is -3.87. The maximum atomic E-state index is 13.9. The van der Waals surface area contributed by atoms with Gasteiger partial charge in [0.05, 0.1) is 0 Å². The summed E-state index contributed by atoms with van der Waals surface area (Å²) in [7, 11) is -3.87. The molecule has 1 heterocycles. The number of hydrogen-bond acceptors (Lipinski definition) is 3. The minimum absolute atomic E-state index is 0.0341. The molecule has 1 aliphatic rings. The van der Waals surface area contributed by atoms with E-state index in [1.54, 1.807) is 0 Å². The molecular weight excluding hydrogens is 391 g/mol. The highest BCUT2D eigenvalue weighted by Gasteiger charge is 2.33. The molecule has 2 aromatic carbocycles. The highest BCUT2D eigenvalue weighted by molar-refractivity contribution is 7.89. The van der Waals surface area contributed by atoms with Crippen molar-refractivity contribution >= 4 is 15.9 Å². The van der Waals surface area contributed by atoms with Gasteiger partial charge < -0.3 is 5.32 Å². The Hall–Kier alpha value is -2.25. The summed E-state index contributed by atoms with van der Waals surface area (Å²) >= 11 is 0. The Balaban J connectivity index is 1.48. The molecule has 0 aliphatic carbocycles. The quantitative estimate of drug-likeness (QED) is 0.748. The number of nitrogens with one attached hydrogen (secondary N) is 1. The second-order valence-corrected chi connectivity index (χ2v) is 9.41. The summed E-state index contributed by atoms with van der Waals surface area (Å²) in [6.45, 7) is 3.15. The number of benzene rings is 2. The third-order valence-corrected chi connectivity index (χ3v) is 7.46. The Morgan fingerprint density at radius 3 is 2.38 bits per heavy atom. The van der Waals surface area contributed by atoms with Crippen molar-refractivity contribution in [1.29, 1.82) is 0 Å². The van der Waals surface area contributed by atoms with Crippen molar-refractivity contribution in [3.8, 4) is 0 Å². The zero-order chi connectivity index (χ0) is 20.9. The van der Waals surface area contributed by atoms with Crippen LogP contribution in [0.1, 0.15) is 37.7 Å². The number of halogens is 1. The SMILES string of the molecule is CC(CCNC(=O)C1CCN(S(=O)(=O)c2ccccc2F)CC1)c1ccccc1. The lowest BCUT2D eigenvalue weighted by Crippen LogP contribution is -2.43. The first-order valence-electron chi connectivity index (χ1n) is 9.97. The van der Waals surface area contributed by atoms with E-state index >= 15 is 0 Å². The maximum absolute atomic E-state index is 13.9. The van der Waals surface area contributed by atoms with Gasteiger partial charge in [0.1, 0.15) is 10.7 Å². The van der Waals surface area contributed by atoms with E-state index < -0.39 is 15.8 Å². The summed E-state index contributed by atoms with van der Waals surface area (Å²) < 4.78 is 40.5. The topological polar surface area (TPSA) is 66.5 Å². The molecule has 1 aliphatic heterocycles. The standard InChI is InChI=1S/C22H27FN2O3S/c1-17(18-7-3-2-4-8-18)11-14-24-22(26)19-12-15-25(16-13-19)29(27,28)21-10-6-5-9-20(21)23/h2-10,17,19H,11-16H2,1H3,(H,24,26). The van der Waals surface area contributed by atoms with E-state index in [0.717, 1.165) is 12.5 Å². The third-order valence-electron chi connectivity index (χ3n) is 5.52. The third kappa shape index (κ3) is 5.22. The number of sulfonamides is 1. The molecule has 0 saturated carbocycles. The molecule has 3 rings (SSSR count). The Bertz CT molecular complexity index is 926. The maximum Gasteiger partial charge on any atom is 0.245 e. The van der Waals surface area contributed by atoms with E-state index in [0.29, 0.717) is 25.3 Å². The molecule has 5 nitrogen and oxygen atoms in total. The first-order valence-corrected chi connectivity index (χ1v) is 11.4. The molecule has 1 unspecified atom stereocenters. The van der Waals surface area contributed by atoms with Gasteiger partial charge in [-0.05, 0) is 42.9 Å². The van der Waals surface area contributed by atoms with Crippen LogP contribution in [0.15, 0.2) is 59.5 Å². The summed E-state index contributed by atoms with van der Waals surface area (Å²) in [6.07, 6.45) is 1.72. The normalized spacial score (nSPS) is 17.0. The van der Waals surface area contributed by atoms with Crippen molar-refractivity contribution in [2.45, 2.75) is 37.0 Å². The van der Waals surface area contributed by atoms with Crippen LogP contribution in [0.4, 0.5) is 4.39 Å². The van der Waals surface area contributed by atoms with Crippen LogP contribution in [0, 0.1) is 11.7 Å². The fourth-order valence-electron chi connectivity index (χ4n) is 3.66. The van der Waals surface area contributed by atoms with Crippen molar-refractivity contribution in [1.82, 2.24) is 9.62 Å². The molecule has 1 saturated heterocycles. The second kappa shape index (κ2) is 9.50. The van der Waals surface area contributed by atoms with Crippen molar-refractivity contribution in [3.05, 3.63) is 66.0 Å². The van der Waals surface area contributed by atoms with E-state index in [2.05, 4.69) is 24.4 Å². The Labute approximate surface area is 172 Å². The predicted molar refractivity (Wildman–Crippen MR) is 110 cm³/mol. The number of carbonyl (C=O) groups excluding carboxylic acids is 1. The van der Waals surface area contributed by atoms with Crippen LogP contribution < -0.4 is 5.32 Å². The smallest absolute Gasteiger partial charge is 0.245 e. The lowest BCUT2D eigenvalue weighted by Gasteiger charge is -2.30. The first kappa shape index (κ1) is 21.5. The molecule has 29 heavy (non-hydrogen) atoms. The highest BCUT2D eigenvalue weighted by Crippen LogP contribution is 2.25. The van der Waals surface area contributed by atoms with E-state index in [4.69, 9.17) is 0 Å². The number of carbonyl (C=O) groups is 1. The second-order valence-electron chi connectivity index (χ2n) is 7.50. The molecule has 0 radical (unpaired) electrons. The molecule has 156 valence electrons. The number of rotatable bonds is 7. The van der Waals surface area contributed by atoms with Crippen molar-refractivity contribution < 1.29 is 17.6 Å². The zero-order valence-corrected chi connectivity index (χ0v) is 17.4. The number of piperidine rings is 1. The van der Waals surface area contributed by atoms with Crippen molar-refractivity contribution in [3.63, 3.8) is 0 Å². The molecule has 0 aromatic heterocycles. The lowest BCUT2D eigenvalue weighted by molar-refractivity contribution is -0.126. The predicted octanol–water partition coefficient (Wildman–Crippen LogP) is 3.54. The van der Waals surface area contributed by atoms with Gasteiger partial charge in [0.25, 0.3) is 0 Å². The molecule has 0 spiro atoms. The number of hydrogen-bond donors (Lipinski definition) is 1. The molecule has 1 amide bonds. The monoisotopic (exact) mass is 418 g/mol. The van der Waals surface area contributed by atoms with Crippen LogP contribution in [0.25, 0.3) is 0 Å². The average Bonchev–Trinajstić information content (AvgIpc) is 2.74. The Morgan fingerprint density at radius 2 is 1.72 bits per heavy atom. The van der Waals surface area contributed by atoms with Gasteiger partial charge in [-0.1, -0.05) is 49.4 Å². The van der Waals surface area contributed by atoms with Crippen LogP contribution in [-0.4, -0.2) is 38.3 Å². The Morgan fingerprint density at radius 1 is 1.10 bits per heavy atom. The molecule has 1 N–H and O–H groups in total. The van der Waals surface area contributed by atoms with E-state index in [9.17, 15) is 17.6 Å². The highest BCUT2D eigenvalue weighted by atomic mass is 32.2. The largest absolute Gasteiger partial charge is 0.356 e.